The van der Waals surface area contributed by atoms with Gasteiger partial charge in [0.2, 0.25) is 0 Å². The van der Waals surface area contributed by atoms with E-state index in [0.29, 0.717) is 21.8 Å². The maximum absolute atomic E-state index is 11.9. The topological polar surface area (TPSA) is 63.5 Å². The molecule has 3 rings (SSSR count). The number of nitrogens with zero attached hydrogens (tertiary/aromatic N) is 2. The molecule has 0 spiro atoms. The van der Waals surface area contributed by atoms with Crippen molar-refractivity contribution >= 4 is 50.6 Å². The summed E-state index contributed by atoms with van der Waals surface area (Å²) in [4.78, 5) is 4.63. The molecule has 0 saturated heterocycles. The molecule has 0 bridgehead atoms. The molecule has 1 aromatic heterocycles. The average Bonchev–Trinajstić information content (AvgIpc) is 2.97. The predicted molar refractivity (Wildman–Crippen MR) is 87.6 cm³/mol. The van der Waals surface area contributed by atoms with Crippen molar-refractivity contribution in [3.05, 3.63) is 29.4 Å². The molecule has 1 aliphatic heterocycles. The van der Waals surface area contributed by atoms with Crippen LogP contribution in [-0.2, 0) is 16.4 Å². The van der Waals surface area contributed by atoms with Crippen LogP contribution in [0.5, 0.6) is 0 Å². The molecule has 0 fully saturated rings. The Morgan fingerprint density at radius 2 is 2.19 bits per heavy atom. The van der Waals surface area contributed by atoms with Crippen LogP contribution in [0.4, 0.5) is 0 Å². The van der Waals surface area contributed by atoms with Gasteiger partial charge < -0.3 is 9.88 Å². The van der Waals surface area contributed by atoms with Gasteiger partial charge >= 0.3 is 0 Å². The molecule has 114 valence electrons. The number of rotatable bonds is 3. The second-order valence-corrected chi connectivity index (χ2v) is 7.18. The smallest absolute Gasteiger partial charge is 0.177 e. The first-order chi connectivity index (χ1) is 9.47. The van der Waals surface area contributed by atoms with E-state index < -0.39 is 9.84 Å². The van der Waals surface area contributed by atoms with Crippen LogP contribution in [0.1, 0.15) is 0 Å². The van der Waals surface area contributed by atoms with Crippen LogP contribution in [0, 0.1) is 0 Å². The summed E-state index contributed by atoms with van der Waals surface area (Å²) in [5, 5.41) is 4.36. The lowest BCUT2D eigenvalue weighted by Gasteiger charge is -2.06. The number of benzene rings is 1. The first kappa shape index (κ1) is 16.1. The Hall–Kier alpha value is -1.24. The normalized spacial score (nSPS) is 14.7. The maximum Gasteiger partial charge on any atom is 0.177 e. The molecule has 5 nitrogen and oxygen atoms in total. The van der Waals surface area contributed by atoms with Crippen LogP contribution >= 0.6 is 24.0 Å². The van der Waals surface area contributed by atoms with E-state index >= 15 is 0 Å². The van der Waals surface area contributed by atoms with Gasteiger partial charge in [-0.15, -0.1) is 12.4 Å². The zero-order valence-corrected chi connectivity index (χ0v) is 13.7. The van der Waals surface area contributed by atoms with Crippen molar-refractivity contribution < 1.29 is 8.42 Å². The minimum atomic E-state index is -3.30. The standard InChI is InChI=1S/C13H14ClN3O2S.ClH/c1-20(18,19)11-7-17(8-12-15-5-6-16-12)13-9(11)3-2-4-10(13)14;/h2-4,7H,5-6,8H2,1H3,(H,15,16);1H. The number of fused-ring (bicyclic) bond motifs is 1. The van der Waals surface area contributed by atoms with Gasteiger partial charge in [0.05, 0.1) is 28.5 Å². The average molecular weight is 348 g/mol. The maximum atomic E-state index is 11.9. The molecule has 0 amide bonds. The lowest BCUT2D eigenvalue weighted by molar-refractivity contribution is 0.602. The number of hydrogen-bond acceptors (Lipinski definition) is 4. The Bertz CT molecular complexity index is 812. The summed E-state index contributed by atoms with van der Waals surface area (Å²) in [7, 11) is -3.30. The molecule has 0 radical (unpaired) electrons. The lowest BCUT2D eigenvalue weighted by atomic mass is 10.2. The highest BCUT2D eigenvalue weighted by molar-refractivity contribution is 7.91. The van der Waals surface area contributed by atoms with Gasteiger partial charge in [-0.3, -0.25) is 4.99 Å². The van der Waals surface area contributed by atoms with Crippen molar-refractivity contribution in [3.8, 4) is 0 Å². The largest absolute Gasteiger partial charge is 0.370 e. The third kappa shape index (κ3) is 3.02. The van der Waals surface area contributed by atoms with Crippen molar-refractivity contribution in [1.29, 1.82) is 0 Å². The Kier molecular flexibility index (Phi) is 4.51. The van der Waals surface area contributed by atoms with Crippen LogP contribution in [0.15, 0.2) is 34.3 Å². The Labute approximate surface area is 134 Å². The molecule has 21 heavy (non-hydrogen) atoms. The van der Waals surface area contributed by atoms with Crippen LogP contribution < -0.4 is 5.32 Å². The molecule has 0 aliphatic carbocycles. The van der Waals surface area contributed by atoms with E-state index in [2.05, 4.69) is 10.3 Å². The molecule has 1 aliphatic rings. The molecule has 0 unspecified atom stereocenters. The van der Waals surface area contributed by atoms with E-state index in [4.69, 9.17) is 11.6 Å². The van der Waals surface area contributed by atoms with Crippen LogP contribution in [0.3, 0.4) is 0 Å². The molecule has 2 heterocycles. The Morgan fingerprint density at radius 3 is 2.81 bits per heavy atom. The number of nitrogens with one attached hydrogen (secondary N) is 1. The van der Waals surface area contributed by atoms with Crippen molar-refractivity contribution in [2.75, 3.05) is 19.3 Å². The van der Waals surface area contributed by atoms with Crippen molar-refractivity contribution in [3.63, 3.8) is 0 Å². The van der Waals surface area contributed by atoms with E-state index in [-0.39, 0.29) is 12.4 Å². The fraction of sp³-hybridized carbons (Fsp3) is 0.308. The van der Waals surface area contributed by atoms with Gasteiger partial charge in [0.1, 0.15) is 5.84 Å². The molecule has 8 heteroatoms. The molecular weight excluding hydrogens is 333 g/mol. The summed E-state index contributed by atoms with van der Waals surface area (Å²) in [5.74, 6) is 0.849. The monoisotopic (exact) mass is 347 g/mol. The van der Waals surface area contributed by atoms with E-state index in [1.54, 1.807) is 24.4 Å². The Morgan fingerprint density at radius 1 is 1.43 bits per heavy atom. The summed E-state index contributed by atoms with van der Waals surface area (Å²) in [6, 6.07) is 5.29. The van der Waals surface area contributed by atoms with Crippen LogP contribution in [0.25, 0.3) is 10.9 Å². The zero-order valence-electron chi connectivity index (χ0n) is 11.3. The van der Waals surface area contributed by atoms with Gasteiger partial charge in [-0.1, -0.05) is 23.7 Å². The van der Waals surface area contributed by atoms with E-state index in [1.807, 2.05) is 4.57 Å². The van der Waals surface area contributed by atoms with Gasteiger partial charge in [0.15, 0.2) is 9.84 Å². The quantitative estimate of drug-likeness (QED) is 0.924. The number of amidine groups is 1. The molecule has 0 atom stereocenters. The van der Waals surface area contributed by atoms with E-state index in [1.165, 1.54) is 6.26 Å². The number of para-hydroxylation sites is 1. The lowest BCUT2D eigenvalue weighted by Crippen LogP contribution is -2.23. The fourth-order valence-corrected chi connectivity index (χ4v) is 3.58. The highest BCUT2D eigenvalue weighted by Gasteiger charge is 2.19. The molecule has 1 N–H and O–H groups in total. The third-order valence-electron chi connectivity index (χ3n) is 3.28. The summed E-state index contributed by atoms with van der Waals surface area (Å²) < 4.78 is 25.7. The summed E-state index contributed by atoms with van der Waals surface area (Å²) in [6.45, 7) is 2.07. The van der Waals surface area contributed by atoms with Gasteiger partial charge in [0.25, 0.3) is 0 Å². The minimum Gasteiger partial charge on any atom is -0.370 e. The number of halogens is 2. The van der Waals surface area contributed by atoms with Crippen molar-refractivity contribution in [2.24, 2.45) is 4.99 Å². The number of hydrogen-bond donors (Lipinski definition) is 1. The van der Waals surface area contributed by atoms with Crippen LogP contribution in [-0.4, -0.2) is 38.2 Å². The summed E-state index contributed by atoms with van der Waals surface area (Å²) in [5.41, 5.74) is 0.728. The van der Waals surface area contributed by atoms with Gasteiger partial charge in [0, 0.05) is 24.4 Å². The first-order valence-corrected chi connectivity index (χ1v) is 8.48. The van der Waals surface area contributed by atoms with Gasteiger partial charge in [-0.05, 0) is 6.07 Å². The van der Waals surface area contributed by atoms with Crippen molar-refractivity contribution in [1.82, 2.24) is 9.88 Å². The Balaban J connectivity index is 0.00000161. The summed E-state index contributed by atoms with van der Waals surface area (Å²) >= 11 is 6.24. The minimum absolute atomic E-state index is 0. The molecular formula is C13H15Cl2N3O2S. The second-order valence-electron chi connectivity index (χ2n) is 4.78. The second kappa shape index (κ2) is 5.87. The van der Waals surface area contributed by atoms with Crippen molar-refractivity contribution in [2.45, 2.75) is 11.4 Å². The predicted octanol–water partition coefficient (Wildman–Crippen LogP) is 2.12. The SMILES string of the molecule is CS(=O)(=O)c1cn(CC2=NCCN2)c2c(Cl)cccc12.Cl. The first-order valence-electron chi connectivity index (χ1n) is 6.21. The number of aromatic nitrogens is 1. The third-order valence-corrected chi connectivity index (χ3v) is 4.70. The highest BCUT2D eigenvalue weighted by Crippen LogP contribution is 2.30. The summed E-state index contributed by atoms with van der Waals surface area (Å²) in [6.07, 6.45) is 2.84. The highest BCUT2D eigenvalue weighted by atomic mass is 35.5. The molecule has 2 aromatic rings. The zero-order chi connectivity index (χ0) is 14.3. The number of sulfone groups is 1. The fourth-order valence-electron chi connectivity index (χ4n) is 2.42. The van der Waals surface area contributed by atoms with E-state index in [0.717, 1.165) is 24.4 Å². The van der Waals surface area contributed by atoms with Crippen LogP contribution in [0.2, 0.25) is 5.02 Å². The van der Waals surface area contributed by atoms with Gasteiger partial charge in [-0.2, -0.15) is 0 Å². The number of aliphatic imine (C=N–C) groups is 1. The van der Waals surface area contributed by atoms with Gasteiger partial charge in [-0.25, -0.2) is 8.42 Å². The van der Waals surface area contributed by atoms with E-state index in [9.17, 15) is 8.42 Å². The molecule has 1 aromatic carbocycles. The molecule has 0 saturated carbocycles.